The third-order valence-electron chi connectivity index (χ3n) is 8.31. The van der Waals surface area contributed by atoms with Crippen LogP contribution < -0.4 is 0 Å². The first-order valence-electron chi connectivity index (χ1n) is 15.2. The van der Waals surface area contributed by atoms with Crippen molar-refractivity contribution in [2.24, 2.45) is 17.3 Å². The number of hydrogen-bond acceptors (Lipinski definition) is 6. The molecule has 2 aliphatic heterocycles. The molecule has 1 aromatic carbocycles. The van der Waals surface area contributed by atoms with Crippen molar-refractivity contribution in [1.82, 2.24) is 24.3 Å². The van der Waals surface area contributed by atoms with Crippen LogP contribution in [-0.2, 0) is 16.1 Å². The maximum Gasteiger partial charge on any atom is 0.407 e. The van der Waals surface area contributed by atoms with Crippen molar-refractivity contribution in [2.75, 3.05) is 46.0 Å². The zero-order valence-corrected chi connectivity index (χ0v) is 25.7. The molecule has 1 aromatic heterocycles. The third kappa shape index (κ3) is 6.89. The van der Waals surface area contributed by atoms with Crippen LogP contribution in [-0.4, -0.2) is 110 Å². The molecule has 42 heavy (non-hydrogen) atoms. The lowest BCUT2D eigenvalue weighted by Crippen LogP contribution is -2.66. The fourth-order valence-electron chi connectivity index (χ4n) is 6.55. The molecule has 3 heterocycles. The quantitative estimate of drug-likeness (QED) is 0.431. The lowest BCUT2D eigenvalue weighted by molar-refractivity contribution is -0.144. The number of para-hydroxylation sites is 2. The Morgan fingerprint density at radius 1 is 1.12 bits per heavy atom. The van der Waals surface area contributed by atoms with E-state index < -0.39 is 29.5 Å². The lowest BCUT2D eigenvalue weighted by Gasteiger charge is -2.52. The molecule has 232 valence electrons. The number of piperidine rings is 1. The molecule has 2 N–H and O–H groups in total. The van der Waals surface area contributed by atoms with Crippen LogP contribution in [0.4, 0.5) is 4.79 Å². The fourth-order valence-corrected chi connectivity index (χ4v) is 6.55. The molecule has 11 nitrogen and oxygen atoms in total. The van der Waals surface area contributed by atoms with Crippen LogP contribution in [0.3, 0.4) is 0 Å². The van der Waals surface area contributed by atoms with Gasteiger partial charge >= 0.3 is 6.09 Å². The summed E-state index contributed by atoms with van der Waals surface area (Å²) in [4.78, 5) is 50.8. The van der Waals surface area contributed by atoms with E-state index in [1.165, 1.54) is 4.90 Å². The SMILES string of the molecule is CC(C)CN(C(=O)c1nc2ccccc2n1CCCCO)[C@H]1C[C@@H](C(=O)N2CCOCC2)CN(C(=O)O)C1C(C)(C)C. The van der Waals surface area contributed by atoms with Gasteiger partial charge in [0.1, 0.15) is 0 Å². The summed E-state index contributed by atoms with van der Waals surface area (Å²) in [6.07, 6.45) is 0.555. The van der Waals surface area contributed by atoms with Crippen molar-refractivity contribution in [3.05, 3.63) is 30.1 Å². The van der Waals surface area contributed by atoms with Gasteiger partial charge in [-0.2, -0.15) is 0 Å². The first-order valence-corrected chi connectivity index (χ1v) is 15.2. The van der Waals surface area contributed by atoms with E-state index in [9.17, 15) is 24.6 Å². The van der Waals surface area contributed by atoms with Gasteiger partial charge in [0.2, 0.25) is 5.91 Å². The minimum Gasteiger partial charge on any atom is -0.465 e. The largest absolute Gasteiger partial charge is 0.465 e. The second kappa shape index (κ2) is 13.4. The molecule has 0 saturated carbocycles. The van der Waals surface area contributed by atoms with Gasteiger partial charge in [-0.1, -0.05) is 46.8 Å². The van der Waals surface area contributed by atoms with Gasteiger partial charge in [-0.05, 0) is 42.7 Å². The maximum absolute atomic E-state index is 14.6. The van der Waals surface area contributed by atoms with Gasteiger partial charge in [0.25, 0.3) is 5.91 Å². The smallest absolute Gasteiger partial charge is 0.407 e. The van der Waals surface area contributed by atoms with Crippen LogP contribution in [0.25, 0.3) is 11.0 Å². The van der Waals surface area contributed by atoms with Crippen molar-refractivity contribution in [3.8, 4) is 0 Å². The molecule has 0 spiro atoms. The number of aliphatic hydroxyl groups excluding tert-OH is 1. The molecule has 2 aliphatic rings. The normalized spacial score (nSPS) is 21.6. The second-order valence-electron chi connectivity index (χ2n) is 13.0. The number of ether oxygens (including phenoxy) is 1. The molecular formula is C31H47N5O6. The summed E-state index contributed by atoms with van der Waals surface area (Å²) in [5.41, 5.74) is 1.04. The number of morpholine rings is 1. The van der Waals surface area contributed by atoms with Crippen molar-refractivity contribution < 1.29 is 29.3 Å². The number of aryl methyl sites for hydroxylation is 1. The van der Waals surface area contributed by atoms with Gasteiger partial charge in [0.15, 0.2) is 5.82 Å². The number of hydrogen-bond donors (Lipinski definition) is 2. The van der Waals surface area contributed by atoms with Crippen molar-refractivity contribution in [2.45, 2.75) is 72.5 Å². The number of amides is 3. The van der Waals surface area contributed by atoms with Crippen LogP contribution >= 0.6 is 0 Å². The number of aromatic nitrogens is 2. The highest BCUT2D eigenvalue weighted by Gasteiger charge is 2.50. The molecule has 4 rings (SSSR count). The predicted octanol–water partition coefficient (Wildman–Crippen LogP) is 3.55. The Morgan fingerprint density at radius 3 is 2.43 bits per heavy atom. The summed E-state index contributed by atoms with van der Waals surface area (Å²) in [6, 6.07) is 6.55. The van der Waals surface area contributed by atoms with E-state index in [1.807, 2.05) is 63.5 Å². The van der Waals surface area contributed by atoms with E-state index >= 15 is 0 Å². The number of benzene rings is 1. The Kier molecular flexibility index (Phi) is 10.1. The van der Waals surface area contributed by atoms with Gasteiger partial charge in [0.05, 0.1) is 42.2 Å². The number of carboxylic acid groups (broad SMARTS) is 1. The summed E-state index contributed by atoms with van der Waals surface area (Å²) in [5, 5.41) is 19.8. The predicted molar refractivity (Wildman–Crippen MR) is 159 cm³/mol. The van der Waals surface area contributed by atoms with Crippen molar-refractivity contribution in [1.29, 1.82) is 0 Å². The number of rotatable bonds is 9. The minimum atomic E-state index is -1.09. The summed E-state index contributed by atoms with van der Waals surface area (Å²) in [7, 11) is 0. The van der Waals surface area contributed by atoms with Crippen LogP contribution in [0, 0.1) is 17.3 Å². The molecule has 0 aliphatic carbocycles. The van der Waals surface area contributed by atoms with Gasteiger partial charge in [0, 0.05) is 39.3 Å². The molecule has 2 saturated heterocycles. The van der Waals surface area contributed by atoms with Gasteiger partial charge in [-0.25, -0.2) is 9.78 Å². The van der Waals surface area contributed by atoms with E-state index in [1.54, 1.807) is 9.80 Å². The number of fused-ring (bicyclic) bond motifs is 1. The van der Waals surface area contributed by atoms with Crippen LogP contribution in [0.15, 0.2) is 24.3 Å². The van der Waals surface area contributed by atoms with Crippen LogP contribution in [0.1, 0.15) is 64.5 Å². The molecule has 2 fully saturated rings. The van der Waals surface area contributed by atoms with E-state index in [4.69, 9.17) is 9.72 Å². The molecule has 1 unspecified atom stereocenters. The van der Waals surface area contributed by atoms with Crippen molar-refractivity contribution >= 4 is 28.9 Å². The van der Waals surface area contributed by atoms with E-state index in [-0.39, 0.29) is 30.9 Å². The zero-order valence-electron chi connectivity index (χ0n) is 25.7. The summed E-state index contributed by atoms with van der Waals surface area (Å²) in [6.45, 7) is 13.0. The highest BCUT2D eigenvalue weighted by atomic mass is 16.5. The molecule has 11 heteroatoms. The molecule has 3 atom stereocenters. The Morgan fingerprint density at radius 2 is 1.81 bits per heavy atom. The standard InChI is InChI=1S/C31H47N5O6/c1-21(2)19-35(29(39)27-32-23-10-6-7-11-24(23)34(27)12-8-9-15-37)25-18-22(28(38)33-13-16-42-17-14-33)20-36(30(40)41)26(25)31(3,4)5/h6-7,10-11,21-22,25-26,37H,8-9,12-20H2,1-5H3,(H,40,41)/t22-,25+,26?/m1/s1. The third-order valence-corrected chi connectivity index (χ3v) is 8.31. The molecule has 2 aromatic rings. The van der Waals surface area contributed by atoms with E-state index in [0.29, 0.717) is 70.0 Å². The average molecular weight is 586 g/mol. The summed E-state index contributed by atoms with van der Waals surface area (Å²) >= 11 is 0. The van der Waals surface area contributed by atoms with Gasteiger partial charge in [-0.15, -0.1) is 0 Å². The van der Waals surface area contributed by atoms with Gasteiger partial charge in [-0.3, -0.25) is 9.59 Å². The number of nitrogens with zero attached hydrogens (tertiary/aromatic N) is 5. The number of imidazole rings is 1. The number of unbranched alkanes of at least 4 members (excludes halogenated alkanes) is 1. The average Bonchev–Trinajstić information content (AvgIpc) is 3.33. The second-order valence-corrected chi connectivity index (χ2v) is 13.0. The summed E-state index contributed by atoms with van der Waals surface area (Å²) in [5.74, 6) is -0.543. The highest BCUT2D eigenvalue weighted by molar-refractivity contribution is 5.95. The first kappa shape index (κ1) is 31.7. The van der Waals surface area contributed by atoms with E-state index in [2.05, 4.69) is 0 Å². The van der Waals surface area contributed by atoms with E-state index in [0.717, 1.165) is 5.52 Å². The molecular weight excluding hydrogens is 538 g/mol. The number of carbonyl (C=O) groups is 3. The Balaban J connectivity index is 1.79. The Hall–Kier alpha value is -3.18. The Bertz CT molecular complexity index is 1250. The topological polar surface area (TPSA) is 128 Å². The number of carbonyl (C=O) groups excluding carboxylic acids is 2. The summed E-state index contributed by atoms with van der Waals surface area (Å²) < 4.78 is 7.36. The Labute approximate surface area is 248 Å². The maximum atomic E-state index is 14.6. The number of aliphatic hydroxyl groups is 1. The van der Waals surface area contributed by atoms with Crippen molar-refractivity contribution in [3.63, 3.8) is 0 Å². The molecule has 3 amide bonds. The van der Waals surface area contributed by atoms with Crippen LogP contribution in [0.2, 0.25) is 0 Å². The molecule has 0 bridgehead atoms. The zero-order chi connectivity index (χ0) is 30.6. The fraction of sp³-hybridized carbons (Fsp3) is 0.677. The lowest BCUT2D eigenvalue weighted by atomic mass is 9.74. The van der Waals surface area contributed by atoms with Gasteiger partial charge < -0.3 is 34.2 Å². The van der Waals surface area contributed by atoms with Crippen LogP contribution in [0.5, 0.6) is 0 Å². The monoisotopic (exact) mass is 585 g/mol. The minimum absolute atomic E-state index is 0.0638. The molecule has 0 radical (unpaired) electrons. The highest BCUT2D eigenvalue weighted by Crippen LogP contribution is 2.38. The number of likely N-dealkylation sites (tertiary alicyclic amines) is 1. The first-order chi connectivity index (χ1) is 19.9.